The molecule has 0 fully saturated rings. The highest BCUT2D eigenvalue weighted by Crippen LogP contribution is 2.33. The van der Waals surface area contributed by atoms with Crippen LogP contribution in [0.15, 0.2) is 66.7 Å². The van der Waals surface area contributed by atoms with E-state index in [2.05, 4.69) is 0 Å². The first kappa shape index (κ1) is 24.7. The zero-order chi connectivity index (χ0) is 25.7. The largest absolute Gasteiger partial charge is 0.457 e. The molecular formula is C28H25NO7. The summed E-state index contributed by atoms with van der Waals surface area (Å²) in [5, 5.41) is 0. The van der Waals surface area contributed by atoms with Gasteiger partial charge in [0, 0.05) is 32.1 Å². The van der Waals surface area contributed by atoms with Crippen molar-refractivity contribution in [3.8, 4) is 11.5 Å². The Hall–Kier alpha value is -4.46. The molecule has 0 saturated heterocycles. The molecule has 1 aliphatic heterocycles. The number of benzene rings is 3. The van der Waals surface area contributed by atoms with E-state index in [-0.39, 0.29) is 29.6 Å². The van der Waals surface area contributed by atoms with Crippen LogP contribution >= 0.6 is 0 Å². The van der Waals surface area contributed by atoms with Crippen LogP contribution in [-0.4, -0.2) is 30.4 Å². The molecule has 0 spiro atoms. The monoisotopic (exact) mass is 487 g/mol. The number of carbonyl (C=O) groups is 4. The fraction of sp³-hybridized carbons (Fsp3) is 0.214. The van der Waals surface area contributed by atoms with E-state index < -0.39 is 17.9 Å². The van der Waals surface area contributed by atoms with Gasteiger partial charge in [-0.3, -0.25) is 14.4 Å². The van der Waals surface area contributed by atoms with Gasteiger partial charge in [0.15, 0.2) is 0 Å². The molecule has 184 valence electrons. The molecule has 4 rings (SSSR count). The molecule has 3 aromatic carbocycles. The van der Waals surface area contributed by atoms with Crippen LogP contribution < -0.4 is 14.4 Å². The van der Waals surface area contributed by atoms with Crippen molar-refractivity contribution in [1.82, 2.24) is 0 Å². The van der Waals surface area contributed by atoms with Gasteiger partial charge in [0.1, 0.15) is 18.1 Å². The van der Waals surface area contributed by atoms with E-state index in [1.165, 1.54) is 32.0 Å². The average molecular weight is 488 g/mol. The van der Waals surface area contributed by atoms with Crippen LogP contribution in [0.4, 0.5) is 5.69 Å². The Bertz CT molecular complexity index is 1320. The summed E-state index contributed by atoms with van der Waals surface area (Å²) < 4.78 is 15.7. The van der Waals surface area contributed by atoms with Crippen LogP contribution in [0.1, 0.15) is 52.1 Å². The molecule has 0 radical (unpaired) electrons. The molecule has 1 heterocycles. The van der Waals surface area contributed by atoms with Gasteiger partial charge in [0.25, 0.3) is 5.91 Å². The molecule has 0 atom stereocenters. The first-order valence-electron chi connectivity index (χ1n) is 11.5. The Kier molecular flexibility index (Phi) is 7.44. The summed E-state index contributed by atoms with van der Waals surface area (Å²) in [6.45, 7) is 3.10. The Morgan fingerprint density at radius 1 is 0.861 bits per heavy atom. The molecule has 1 amide bonds. The van der Waals surface area contributed by atoms with E-state index in [4.69, 9.17) is 14.2 Å². The van der Waals surface area contributed by atoms with E-state index in [1.807, 2.05) is 30.3 Å². The van der Waals surface area contributed by atoms with Crippen LogP contribution in [0.2, 0.25) is 0 Å². The first-order valence-corrected chi connectivity index (χ1v) is 11.5. The van der Waals surface area contributed by atoms with Gasteiger partial charge in [0.2, 0.25) is 0 Å². The number of amides is 1. The van der Waals surface area contributed by atoms with Crippen LogP contribution in [-0.2, 0) is 27.4 Å². The van der Waals surface area contributed by atoms with E-state index >= 15 is 0 Å². The molecule has 8 nitrogen and oxygen atoms in total. The van der Waals surface area contributed by atoms with Gasteiger partial charge in [-0.2, -0.15) is 0 Å². The highest BCUT2D eigenvalue weighted by Gasteiger charge is 2.27. The minimum atomic E-state index is -0.610. The number of fused-ring (bicyclic) bond motifs is 1. The second-order valence-corrected chi connectivity index (χ2v) is 8.31. The van der Waals surface area contributed by atoms with Gasteiger partial charge < -0.3 is 19.1 Å². The minimum Gasteiger partial charge on any atom is -0.457 e. The molecule has 36 heavy (non-hydrogen) atoms. The number of nitrogens with zero attached hydrogens (tertiary/aromatic N) is 1. The van der Waals surface area contributed by atoms with Gasteiger partial charge >= 0.3 is 17.9 Å². The number of hydrogen-bond acceptors (Lipinski definition) is 7. The van der Waals surface area contributed by atoms with Crippen molar-refractivity contribution in [2.45, 2.75) is 33.3 Å². The van der Waals surface area contributed by atoms with Crippen molar-refractivity contribution in [2.75, 3.05) is 11.4 Å². The van der Waals surface area contributed by atoms with Crippen molar-refractivity contribution in [1.29, 1.82) is 0 Å². The maximum atomic E-state index is 13.5. The predicted molar refractivity (Wildman–Crippen MR) is 131 cm³/mol. The molecule has 0 bridgehead atoms. The average Bonchev–Trinajstić information content (AvgIpc) is 2.86. The SMILES string of the molecule is CC(=O)Oc1ccc(C(=O)N2CCCc3cc(C(=O)OCc4ccccc4)ccc32)c(OC(C)=O)c1. The summed E-state index contributed by atoms with van der Waals surface area (Å²) >= 11 is 0. The summed E-state index contributed by atoms with van der Waals surface area (Å²) in [6.07, 6.45) is 1.39. The molecule has 1 aliphatic rings. The summed E-state index contributed by atoms with van der Waals surface area (Å²) in [7, 11) is 0. The summed E-state index contributed by atoms with van der Waals surface area (Å²) in [5.74, 6) is -1.80. The third-order valence-corrected chi connectivity index (χ3v) is 5.59. The molecule has 3 aromatic rings. The van der Waals surface area contributed by atoms with Gasteiger partial charge in [-0.15, -0.1) is 0 Å². The molecule has 0 N–H and O–H groups in total. The first-order chi connectivity index (χ1) is 17.3. The van der Waals surface area contributed by atoms with Crippen LogP contribution in [0, 0.1) is 0 Å². The topological polar surface area (TPSA) is 99.2 Å². The van der Waals surface area contributed by atoms with Crippen molar-refractivity contribution in [2.24, 2.45) is 0 Å². The lowest BCUT2D eigenvalue weighted by atomic mass is 9.98. The van der Waals surface area contributed by atoms with Gasteiger partial charge in [-0.25, -0.2) is 4.79 Å². The quantitative estimate of drug-likeness (QED) is 0.373. The Labute approximate surface area is 208 Å². The third-order valence-electron chi connectivity index (χ3n) is 5.59. The lowest BCUT2D eigenvalue weighted by Gasteiger charge is -2.30. The number of anilines is 1. The van der Waals surface area contributed by atoms with Crippen molar-refractivity contribution in [3.63, 3.8) is 0 Å². The zero-order valence-electron chi connectivity index (χ0n) is 20.0. The van der Waals surface area contributed by atoms with Gasteiger partial charge in [0.05, 0.1) is 11.1 Å². The van der Waals surface area contributed by atoms with Gasteiger partial charge in [-0.05, 0) is 54.3 Å². The summed E-state index contributed by atoms with van der Waals surface area (Å²) in [4.78, 5) is 50.7. The van der Waals surface area contributed by atoms with E-state index in [0.717, 1.165) is 11.1 Å². The number of ether oxygens (including phenoxy) is 3. The summed E-state index contributed by atoms with van der Waals surface area (Å²) in [6, 6.07) is 18.8. The molecule has 0 aromatic heterocycles. The zero-order valence-corrected chi connectivity index (χ0v) is 20.0. The predicted octanol–water partition coefficient (Wildman–Crippen LogP) is 4.49. The second kappa shape index (κ2) is 10.9. The fourth-order valence-corrected chi connectivity index (χ4v) is 4.03. The smallest absolute Gasteiger partial charge is 0.338 e. The Balaban J connectivity index is 1.56. The fourth-order valence-electron chi connectivity index (χ4n) is 4.03. The number of rotatable bonds is 6. The summed E-state index contributed by atoms with van der Waals surface area (Å²) in [5.41, 5.74) is 2.97. The van der Waals surface area contributed by atoms with E-state index in [9.17, 15) is 19.2 Å². The standard InChI is InChI=1S/C28H25NO7/c1-18(30)35-23-11-12-24(26(16-23)36-19(2)31)27(32)29-14-6-9-21-15-22(10-13-25(21)29)28(33)34-17-20-7-4-3-5-8-20/h3-5,7-8,10-13,15-16H,6,9,14,17H2,1-2H3. The van der Waals surface area contributed by atoms with E-state index in [0.29, 0.717) is 30.6 Å². The highest BCUT2D eigenvalue weighted by atomic mass is 16.5. The maximum Gasteiger partial charge on any atom is 0.338 e. The number of hydrogen-bond donors (Lipinski definition) is 0. The normalized spacial score (nSPS) is 12.3. The third kappa shape index (κ3) is 5.78. The maximum absolute atomic E-state index is 13.5. The van der Waals surface area contributed by atoms with Crippen molar-refractivity contribution >= 4 is 29.5 Å². The van der Waals surface area contributed by atoms with Crippen molar-refractivity contribution in [3.05, 3.63) is 89.0 Å². The van der Waals surface area contributed by atoms with Crippen LogP contribution in [0.25, 0.3) is 0 Å². The molecule has 0 saturated carbocycles. The molecule has 0 unspecified atom stereocenters. The Morgan fingerprint density at radius 3 is 2.33 bits per heavy atom. The minimum absolute atomic E-state index is 0.000478. The number of aryl methyl sites for hydroxylation is 1. The van der Waals surface area contributed by atoms with E-state index in [1.54, 1.807) is 23.1 Å². The lowest BCUT2D eigenvalue weighted by Crippen LogP contribution is -2.36. The lowest BCUT2D eigenvalue weighted by molar-refractivity contribution is -0.132. The van der Waals surface area contributed by atoms with Crippen molar-refractivity contribution < 1.29 is 33.4 Å². The molecule has 8 heteroatoms. The number of esters is 3. The Morgan fingerprint density at radius 2 is 1.61 bits per heavy atom. The second-order valence-electron chi connectivity index (χ2n) is 8.31. The van der Waals surface area contributed by atoms with Gasteiger partial charge in [-0.1, -0.05) is 30.3 Å². The molecule has 0 aliphatic carbocycles. The highest BCUT2D eigenvalue weighted by molar-refractivity contribution is 6.09. The van der Waals surface area contributed by atoms with Crippen LogP contribution in [0.5, 0.6) is 11.5 Å². The van der Waals surface area contributed by atoms with Crippen LogP contribution in [0.3, 0.4) is 0 Å². The number of carbonyl (C=O) groups excluding carboxylic acids is 4. The molecular weight excluding hydrogens is 462 g/mol.